The first-order chi connectivity index (χ1) is 8.16. The molecule has 0 radical (unpaired) electrons. The standard InChI is InChI=1S/C14H21BrN2/c1-11(13-7-3-4-8-14(13)15)16-12-6-5-9-17(2)10-12/h3-4,7-8,11-12,16H,5-6,9-10H2,1-2H3/t11-,12?/m0/s1. The zero-order chi connectivity index (χ0) is 12.3. The van der Waals surface area contributed by atoms with Crippen LogP contribution in [-0.4, -0.2) is 31.1 Å². The molecule has 1 N–H and O–H groups in total. The molecule has 1 saturated heterocycles. The minimum absolute atomic E-state index is 0.405. The third-order valence-electron chi connectivity index (χ3n) is 3.48. The number of nitrogens with one attached hydrogen (secondary N) is 1. The zero-order valence-corrected chi connectivity index (χ0v) is 12.2. The van der Waals surface area contributed by atoms with Crippen molar-refractivity contribution in [2.24, 2.45) is 0 Å². The predicted octanol–water partition coefficient (Wildman–Crippen LogP) is 3.19. The van der Waals surface area contributed by atoms with Gasteiger partial charge in [-0.05, 0) is 45.0 Å². The van der Waals surface area contributed by atoms with Gasteiger partial charge < -0.3 is 10.2 Å². The fourth-order valence-electron chi connectivity index (χ4n) is 2.57. The van der Waals surface area contributed by atoms with Gasteiger partial charge in [-0.25, -0.2) is 0 Å². The van der Waals surface area contributed by atoms with Crippen LogP contribution in [0.15, 0.2) is 28.7 Å². The molecule has 17 heavy (non-hydrogen) atoms. The summed E-state index contributed by atoms with van der Waals surface area (Å²) >= 11 is 3.62. The van der Waals surface area contributed by atoms with Crippen molar-refractivity contribution in [1.82, 2.24) is 10.2 Å². The Morgan fingerprint density at radius 3 is 2.88 bits per heavy atom. The van der Waals surface area contributed by atoms with Gasteiger partial charge in [0, 0.05) is 23.1 Å². The van der Waals surface area contributed by atoms with Gasteiger partial charge in [0.15, 0.2) is 0 Å². The summed E-state index contributed by atoms with van der Waals surface area (Å²) < 4.78 is 1.20. The van der Waals surface area contributed by atoms with Gasteiger partial charge in [0.25, 0.3) is 0 Å². The summed E-state index contributed by atoms with van der Waals surface area (Å²) in [5.74, 6) is 0. The lowest BCUT2D eigenvalue weighted by Crippen LogP contribution is -2.44. The second-order valence-electron chi connectivity index (χ2n) is 5.01. The van der Waals surface area contributed by atoms with E-state index < -0.39 is 0 Å². The van der Waals surface area contributed by atoms with Gasteiger partial charge in [0.2, 0.25) is 0 Å². The first-order valence-corrected chi connectivity index (χ1v) is 7.15. The van der Waals surface area contributed by atoms with Crippen LogP contribution in [-0.2, 0) is 0 Å². The molecule has 1 aliphatic rings. The molecule has 0 aliphatic carbocycles. The summed E-state index contributed by atoms with van der Waals surface area (Å²) in [5.41, 5.74) is 1.35. The van der Waals surface area contributed by atoms with E-state index in [1.54, 1.807) is 0 Å². The largest absolute Gasteiger partial charge is 0.306 e. The normalized spacial score (nSPS) is 23.6. The van der Waals surface area contributed by atoms with Gasteiger partial charge in [0.1, 0.15) is 0 Å². The van der Waals surface area contributed by atoms with Crippen LogP contribution in [0.25, 0.3) is 0 Å². The molecule has 0 aromatic heterocycles. The summed E-state index contributed by atoms with van der Waals surface area (Å²) in [6.07, 6.45) is 2.59. The average molecular weight is 297 g/mol. The quantitative estimate of drug-likeness (QED) is 0.921. The van der Waals surface area contributed by atoms with Crippen molar-refractivity contribution in [3.05, 3.63) is 34.3 Å². The van der Waals surface area contributed by atoms with Crippen molar-refractivity contribution in [2.45, 2.75) is 31.8 Å². The summed E-state index contributed by atoms with van der Waals surface area (Å²) in [7, 11) is 2.21. The molecule has 2 rings (SSSR count). The molecule has 1 aromatic carbocycles. The Morgan fingerprint density at radius 1 is 1.41 bits per heavy atom. The molecule has 2 nitrogen and oxygen atoms in total. The molecule has 0 spiro atoms. The van der Waals surface area contributed by atoms with Gasteiger partial charge >= 0.3 is 0 Å². The van der Waals surface area contributed by atoms with E-state index in [0.29, 0.717) is 12.1 Å². The van der Waals surface area contributed by atoms with Crippen molar-refractivity contribution >= 4 is 15.9 Å². The third-order valence-corrected chi connectivity index (χ3v) is 4.20. The van der Waals surface area contributed by atoms with Crippen molar-refractivity contribution in [2.75, 3.05) is 20.1 Å². The van der Waals surface area contributed by atoms with Crippen molar-refractivity contribution in [3.63, 3.8) is 0 Å². The molecule has 0 amide bonds. The van der Waals surface area contributed by atoms with Gasteiger partial charge in [-0.2, -0.15) is 0 Å². The van der Waals surface area contributed by atoms with Gasteiger partial charge in [0.05, 0.1) is 0 Å². The van der Waals surface area contributed by atoms with Crippen LogP contribution >= 0.6 is 15.9 Å². The minimum atomic E-state index is 0.405. The lowest BCUT2D eigenvalue weighted by molar-refractivity contribution is 0.218. The van der Waals surface area contributed by atoms with E-state index in [1.807, 2.05) is 0 Å². The molecule has 1 heterocycles. The Balaban J connectivity index is 1.97. The maximum Gasteiger partial charge on any atom is 0.0306 e. The Labute approximate surface area is 113 Å². The Bertz CT molecular complexity index is 367. The van der Waals surface area contributed by atoms with Crippen molar-refractivity contribution < 1.29 is 0 Å². The number of likely N-dealkylation sites (tertiary alicyclic amines) is 1. The highest BCUT2D eigenvalue weighted by atomic mass is 79.9. The van der Waals surface area contributed by atoms with E-state index in [-0.39, 0.29) is 0 Å². The lowest BCUT2D eigenvalue weighted by atomic mass is 10.0. The number of benzene rings is 1. The van der Waals surface area contributed by atoms with E-state index in [4.69, 9.17) is 0 Å². The van der Waals surface area contributed by atoms with Crippen LogP contribution in [0.2, 0.25) is 0 Å². The minimum Gasteiger partial charge on any atom is -0.306 e. The zero-order valence-electron chi connectivity index (χ0n) is 10.6. The summed E-state index contributed by atoms with van der Waals surface area (Å²) in [6, 6.07) is 9.49. The van der Waals surface area contributed by atoms with Crippen LogP contribution in [0.5, 0.6) is 0 Å². The van der Waals surface area contributed by atoms with E-state index in [2.05, 4.69) is 64.4 Å². The predicted molar refractivity (Wildman–Crippen MR) is 76.2 cm³/mol. The number of likely N-dealkylation sites (N-methyl/N-ethyl adjacent to an activating group) is 1. The topological polar surface area (TPSA) is 15.3 Å². The SMILES string of the molecule is C[C@H](NC1CCCN(C)C1)c1ccccc1Br. The monoisotopic (exact) mass is 296 g/mol. The molecule has 1 unspecified atom stereocenters. The van der Waals surface area contributed by atoms with E-state index in [0.717, 1.165) is 6.54 Å². The van der Waals surface area contributed by atoms with Crippen LogP contribution in [0.4, 0.5) is 0 Å². The molecule has 1 fully saturated rings. The summed E-state index contributed by atoms with van der Waals surface area (Å²) in [4.78, 5) is 2.41. The highest BCUT2D eigenvalue weighted by Gasteiger charge is 2.19. The number of halogens is 1. The Morgan fingerprint density at radius 2 is 2.18 bits per heavy atom. The van der Waals surface area contributed by atoms with Crippen LogP contribution in [0.1, 0.15) is 31.4 Å². The average Bonchev–Trinajstić information content (AvgIpc) is 2.29. The van der Waals surface area contributed by atoms with Crippen LogP contribution in [0.3, 0.4) is 0 Å². The molecule has 0 bridgehead atoms. The first kappa shape index (κ1) is 13.1. The van der Waals surface area contributed by atoms with E-state index in [1.165, 1.54) is 29.4 Å². The molecule has 2 atom stereocenters. The van der Waals surface area contributed by atoms with Gasteiger partial charge in [-0.3, -0.25) is 0 Å². The number of piperidine rings is 1. The molecular formula is C14H21BrN2. The van der Waals surface area contributed by atoms with Crippen LogP contribution in [0, 0.1) is 0 Å². The van der Waals surface area contributed by atoms with E-state index in [9.17, 15) is 0 Å². The first-order valence-electron chi connectivity index (χ1n) is 6.36. The van der Waals surface area contributed by atoms with Crippen molar-refractivity contribution in [1.29, 1.82) is 0 Å². The van der Waals surface area contributed by atoms with E-state index >= 15 is 0 Å². The third kappa shape index (κ3) is 3.54. The summed E-state index contributed by atoms with van der Waals surface area (Å²) in [6.45, 7) is 4.64. The van der Waals surface area contributed by atoms with Gasteiger partial charge in [-0.1, -0.05) is 34.1 Å². The highest BCUT2D eigenvalue weighted by molar-refractivity contribution is 9.10. The van der Waals surface area contributed by atoms with Crippen LogP contribution < -0.4 is 5.32 Å². The van der Waals surface area contributed by atoms with Gasteiger partial charge in [-0.15, -0.1) is 0 Å². The second-order valence-corrected chi connectivity index (χ2v) is 5.87. The molecule has 1 aromatic rings. The molecule has 0 saturated carbocycles. The number of nitrogens with zero attached hydrogens (tertiary/aromatic N) is 1. The Hall–Kier alpha value is -0.380. The number of rotatable bonds is 3. The molecule has 1 aliphatic heterocycles. The highest BCUT2D eigenvalue weighted by Crippen LogP contribution is 2.24. The maximum atomic E-state index is 3.73. The number of hydrogen-bond acceptors (Lipinski definition) is 2. The maximum absolute atomic E-state index is 3.73. The lowest BCUT2D eigenvalue weighted by Gasteiger charge is -2.32. The van der Waals surface area contributed by atoms with Crippen molar-refractivity contribution in [3.8, 4) is 0 Å². The molecule has 3 heteroatoms. The fourth-order valence-corrected chi connectivity index (χ4v) is 3.20. The smallest absolute Gasteiger partial charge is 0.0306 e. The molecule has 94 valence electrons. The second kappa shape index (κ2) is 5.98. The Kier molecular flexibility index (Phi) is 4.60. The summed E-state index contributed by atoms with van der Waals surface area (Å²) in [5, 5.41) is 3.73. The molecular weight excluding hydrogens is 276 g/mol. The fraction of sp³-hybridized carbons (Fsp3) is 0.571. The number of hydrogen-bond donors (Lipinski definition) is 1.